The number of carbonyl (C=O) groups is 4. The first-order chi connectivity index (χ1) is 10.7. The number of hydrogen-bond donors (Lipinski definition) is 2. The van der Waals surface area contributed by atoms with Gasteiger partial charge in [0.2, 0.25) is 5.91 Å². The third-order valence-corrected chi connectivity index (χ3v) is 4.86. The second-order valence-electron chi connectivity index (χ2n) is 5.59. The molecule has 2 aliphatic heterocycles. The first-order valence-corrected chi connectivity index (χ1v) is 8.12. The van der Waals surface area contributed by atoms with Gasteiger partial charge in [-0.25, -0.2) is 4.79 Å². The standard InChI is InChI=1S/C14H18N2O6S/c1-6(2)11(18)15-9-12(19)16-10(14(20)21)8(4-22-7(3)17)5-23-13(9)16/h6,9,13H,4-5H2,1-3H3,(H,15,18)(H,20,21)/t9?,13-/m0/s1. The van der Waals surface area contributed by atoms with Gasteiger partial charge in [-0.2, -0.15) is 0 Å². The van der Waals surface area contributed by atoms with E-state index in [0.717, 1.165) is 4.90 Å². The molecule has 0 aromatic carbocycles. The van der Waals surface area contributed by atoms with Crippen molar-refractivity contribution in [3.8, 4) is 0 Å². The number of carboxylic acid groups (broad SMARTS) is 1. The van der Waals surface area contributed by atoms with Crippen molar-refractivity contribution in [2.24, 2.45) is 5.92 Å². The summed E-state index contributed by atoms with van der Waals surface area (Å²) in [6, 6.07) is -0.723. The van der Waals surface area contributed by atoms with E-state index in [1.807, 2.05) is 0 Å². The molecule has 9 heteroatoms. The summed E-state index contributed by atoms with van der Waals surface area (Å²) in [4.78, 5) is 47.5. The number of rotatable bonds is 5. The minimum Gasteiger partial charge on any atom is -0.477 e. The molecule has 0 aromatic heterocycles. The van der Waals surface area contributed by atoms with Crippen molar-refractivity contribution in [1.82, 2.24) is 10.2 Å². The average molecular weight is 342 g/mol. The monoisotopic (exact) mass is 342 g/mol. The summed E-state index contributed by atoms with van der Waals surface area (Å²) in [5.41, 5.74) is 0.214. The summed E-state index contributed by atoms with van der Waals surface area (Å²) in [6.07, 6.45) is 0. The second kappa shape index (κ2) is 6.61. The number of aliphatic carboxylic acids is 1. The van der Waals surface area contributed by atoms with Crippen LogP contribution in [0.25, 0.3) is 0 Å². The Morgan fingerprint density at radius 2 is 2.09 bits per heavy atom. The van der Waals surface area contributed by atoms with E-state index in [9.17, 15) is 24.3 Å². The number of ether oxygens (including phenoxy) is 1. The molecule has 23 heavy (non-hydrogen) atoms. The zero-order valence-electron chi connectivity index (χ0n) is 13.0. The van der Waals surface area contributed by atoms with Crippen LogP contribution < -0.4 is 5.32 Å². The highest BCUT2D eigenvalue weighted by Gasteiger charge is 2.54. The molecule has 1 saturated heterocycles. The van der Waals surface area contributed by atoms with Crippen LogP contribution in [0.3, 0.4) is 0 Å². The van der Waals surface area contributed by atoms with Crippen LogP contribution in [0, 0.1) is 5.92 Å². The molecule has 126 valence electrons. The van der Waals surface area contributed by atoms with E-state index in [4.69, 9.17) is 4.74 Å². The van der Waals surface area contributed by atoms with Crippen LogP contribution in [-0.2, 0) is 23.9 Å². The maximum absolute atomic E-state index is 12.2. The van der Waals surface area contributed by atoms with Crippen LogP contribution in [-0.4, -0.2) is 57.5 Å². The lowest BCUT2D eigenvalue weighted by atomic mass is 10.0. The van der Waals surface area contributed by atoms with Crippen molar-refractivity contribution in [2.75, 3.05) is 12.4 Å². The van der Waals surface area contributed by atoms with Crippen molar-refractivity contribution in [1.29, 1.82) is 0 Å². The fourth-order valence-corrected chi connectivity index (χ4v) is 3.63. The summed E-state index contributed by atoms with van der Waals surface area (Å²) in [6.45, 7) is 4.49. The van der Waals surface area contributed by atoms with Crippen LogP contribution in [0.2, 0.25) is 0 Å². The van der Waals surface area contributed by atoms with Crippen molar-refractivity contribution < 1.29 is 29.0 Å². The molecule has 0 spiro atoms. The highest BCUT2D eigenvalue weighted by Crippen LogP contribution is 2.40. The minimum absolute atomic E-state index is 0.157. The maximum atomic E-state index is 12.2. The maximum Gasteiger partial charge on any atom is 0.352 e. The second-order valence-corrected chi connectivity index (χ2v) is 6.69. The van der Waals surface area contributed by atoms with Gasteiger partial charge in [-0.05, 0) is 0 Å². The number of thioether (sulfide) groups is 1. The highest BCUT2D eigenvalue weighted by molar-refractivity contribution is 8.00. The molecule has 0 bridgehead atoms. The van der Waals surface area contributed by atoms with E-state index in [-0.39, 0.29) is 24.1 Å². The zero-order chi connectivity index (χ0) is 17.3. The summed E-state index contributed by atoms with van der Waals surface area (Å²) in [7, 11) is 0. The Kier molecular flexibility index (Phi) is 4.98. The van der Waals surface area contributed by atoms with Crippen molar-refractivity contribution in [2.45, 2.75) is 32.2 Å². The number of hydrogen-bond acceptors (Lipinski definition) is 6. The summed E-state index contributed by atoms with van der Waals surface area (Å²) < 4.78 is 4.85. The Labute approximate surface area is 137 Å². The molecule has 8 nitrogen and oxygen atoms in total. The molecular weight excluding hydrogens is 324 g/mol. The van der Waals surface area contributed by atoms with Crippen LogP contribution in [0.1, 0.15) is 20.8 Å². The molecule has 0 aliphatic carbocycles. The van der Waals surface area contributed by atoms with Crippen LogP contribution in [0.4, 0.5) is 0 Å². The Hall–Kier alpha value is -2.03. The summed E-state index contributed by atoms with van der Waals surface area (Å²) >= 11 is 1.34. The first kappa shape index (κ1) is 17.3. The molecule has 2 rings (SSSR count). The van der Waals surface area contributed by atoms with Crippen LogP contribution in [0.5, 0.6) is 0 Å². The molecule has 2 heterocycles. The highest BCUT2D eigenvalue weighted by atomic mass is 32.2. The lowest BCUT2D eigenvalue weighted by molar-refractivity contribution is -0.151. The van der Waals surface area contributed by atoms with Crippen molar-refractivity contribution >= 4 is 35.5 Å². The molecule has 0 radical (unpaired) electrons. The molecule has 2 atom stereocenters. The van der Waals surface area contributed by atoms with Gasteiger partial charge >= 0.3 is 11.9 Å². The zero-order valence-corrected chi connectivity index (χ0v) is 13.8. The number of carbonyl (C=O) groups excluding carboxylic acids is 3. The van der Waals surface area contributed by atoms with Gasteiger partial charge in [-0.3, -0.25) is 19.3 Å². The predicted molar refractivity (Wildman–Crippen MR) is 81.2 cm³/mol. The molecule has 1 fully saturated rings. The third-order valence-electron chi connectivity index (χ3n) is 3.52. The fourth-order valence-electron chi connectivity index (χ4n) is 2.30. The number of amides is 2. The predicted octanol–water partition coefficient (Wildman–Crippen LogP) is -0.0559. The minimum atomic E-state index is -1.25. The molecular formula is C14H18N2O6S. The number of esters is 1. The Morgan fingerprint density at radius 3 is 2.61 bits per heavy atom. The molecule has 2 aliphatic rings. The molecule has 2 N–H and O–H groups in total. The Morgan fingerprint density at radius 1 is 1.43 bits per heavy atom. The van der Waals surface area contributed by atoms with Crippen LogP contribution in [0.15, 0.2) is 11.3 Å². The van der Waals surface area contributed by atoms with Crippen molar-refractivity contribution in [3.05, 3.63) is 11.3 Å². The fraction of sp³-hybridized carbons (Fsp3) is 0.571. The lowest BCUT2D eigenvalue weighted by Crippen LogP contribution is -2.71. The Bertz CT molecular complexity index is 600. The third kappa shape index (κ3) is 3.34. The van der Waals surface area contributed by atoms with E-state index in [0.29, 0.717) is 11.3 Å². The van der Waals surface area contributed by atoms with Gasteiger partial charge in [-0.1, -0.05) is 13.8 Å². The molecule has 1 unspecified atom stereocenters. The van der Waals surface area contributed by atoms with E-state index in [2.05, 4.69) is 5.32 Å². The SMILES string of the molecule is CC(=O)OCC1=C(C(=O)O)N2C(=O)C(NC(=O)C(C)C)[C@@H]2SC1. The number of nitrogens with zero attached hydrogens (tertiary/aromatic N) is 1. The summed E-state index contributed by atoms with van der Waals surface area (Å²) in [5, 5.41) is 11.6. The Balaban J connectivity index is 2.18. The van der Waals surface area contributed by atoms with E-state index >= 15 is 0 Å². The van der Waals surface area contributed by atoms with E-state index in [1.165, 1.54) is 18.7 Å². The molecule has 2 amide bonds. The van der Waals surface area contributed by atoms with Gasteiger partial charge in [0.1, 0.15) is 23.7 Å². The molecule has 0 saturated carbocycles. The topological polar surface area (TPSA) is 113 Å². The normalized spacial score (nSPS) is 23.3. The number of carboxylic acids is 1. The molecule has 0 aromatic rings. The largest absolute Gasteiger partial charge is 0.477 e. The number of β-lactam (4-membered cyclic amide) rings is 1. The van der Waals surface area contributed by atoms with Gasteiger partial charge in [0.15, 0.2) is 0 Å². The van der Waals surface area contributed by atoms with Gasteiger partial charge in [0, 0.05) is 24.2 Å². The van der Waals surface area contributed by atoms with Gasteiger partial charge < -0.3 is 15.2 Å². The number of nitrogens with one attached hydrogen (secondary N) is 1. The summed E-state index contributed by atoms with van der Waals surface area (Å²) in [5.74, 6) is -2.44. The van der Waals surface area contributed by atoms with Gasteiger partial charge in [0.05, 0.1) is 0 Å². The first-order valence-electron chi connectivity index (χ1n) is 7.07. The lowest BCUT2D eigenvalue weighted by Gasteiger charge is -2.49. The average Bonchev–Trinajstić information content (AvgIpc) is 2.48. The van der Waals surface area contributed by atoms with E-state index in [1.54, 1.807) is 13.8 Å². The number of fused-ring (bicyclic) bond motifs is 1. The van der Waals surface area contributed by atoms with Crippen LogP contribution >= 0.6 is 11.8 Å². The van der Waals surface area contributed by atoms with Crippen molar-refractivity contribution in [3.63, 3.8) is 0 Å². The quantitative estimate of drug-likeness (QED) is 0.532. The van der Waals surface area contributed by atoms with E-state index < -0.39 is 29.3 Å². The van der Waals surface area contributed by atoms with Gasteiger partial charge in [-0.15, -0.1) is 11.8 Å². The van der Waals surface area contributed by atoms with Gasteiger partial charge in [0.25, 0.3) is 5.91 Å². The smallest absolute Gasteiger partial charge is 0.352 e.